The normalized spacial score (nSPS) is 17.2. The Labute approximate surface area is 127 Å². The Morgan fingerprint density at radius 2 is 2.00 bits per heavy atom. The van der Waals surface area contributed by atoms with Crippen molar-refractivity contribution >= 4 is 5.91 Å². The van der Waals surface area contributed by atoms with Gasteiger partial charge in [0, 0.05) is 13.1 Å². The Balaban J connectivity index is 1.91. The lowest BCUT2D eigenvalue weighted by molar-refractivity contribution is -0.135. The van der Waals surface area contributed by atoms with Crippen LogP contribution in [0.1, 0.15) is 38.2 Å². The molecule has 1 saturated heterocycles. The first kappa shape index (κ1) is 15.6. The molecule has 3 heteroatoms. The molecule has 0 radical (unpaired) electrons. The highest BCUT2D eigenvalue weighted by atomic mass is 16.2. The molecule has 0 spiro atoms. The lowest BCUT2D eigenvalue weighted by atomic mass is 9.91. The number of rotatable bonds is 5. The first-order valence-corrected chi connectivity index (χ1v) is 7.97. The van der Waals surface area contributed by atoms with E-state index in [1.54, 1.807) is 0 Å². The van der Waals surface area contributed by atoms with Crippen molar-refractivity contribution in [2.45, 2.75) is 39.0 Å². The molecule has 0 saturated carbocycles. The molecule has 1 unspecified atom stereocenters. The summed E-state index contributed by atoms with van der Waals surface area (Å²) in [5, 5.41) is 9.33. The van der Waals surface area contributed by atoms with Crippen LogP contribution in [-0.2, 0) is 11.2 Å². The van der Waals surface area contributed by atoms with Crippen LogP contribution in [0, 0.1) is 23.2 Å². The van der Waals surface area contributed by atoms with Crippen LogP contribution in [0.15, 0.2) is 30.3 Å². The third-order valence-electron chi connectivity index (χ3n) is 4.36. The molecule has 112 valence electrons. The quantitative estimate of drug-likeness (QED) is 0.831. The molecular formula is C18H24N2O. The number of hydrogen-bond donors (Lipinski definition) is 0. The maximum Gasteiger partial charge on any atom is 0.240 e. The summed E-state index contributed by atoms with van der Waals surface area (Å²) in [4.78, 5) is 14.4. The average molecular weight is 284 g/mol. The predicted molar refractivity (Wildman–Crippen MR) is 83.5 cm³/mol. The molecule has 2 rings (SSSR count). The molecule has 0 N–H and O–H groups in total. The lowest BCUT2D eigenvalue weighted by Crippen LogP contribution is -2.42. The van der Waals surface area contributed by atoms with Crippen molar-refractivity contribution in [3.05, 3.63) is 35.9 Å². The van der Waals surface area contributed by atoms with E-state index in [9.17, 15) is 10.1 Å². The van der Waals surface area contributed by atoms with E-state index < -0.39 is 5.92 Å². The number of piperidine rings is 1. The molecule has 1 aliphatic heterocycles. The van der Waals surface area contributed by atoms with Crippen molar-refractivity contribution in [1.82, 2.24) is 4.90 Å². The van der Waals surface area contributed by atoms with Gasteiger partial charge >= 0.3 is 0 Å². The maximum atomic E-state index is 12.5. The number of benzene rings is 1. The van der Waals surface area contributed by atoms with Crippen LogP contribution >= 0.6 is 0 Å². The summed E-state index contributed by atoms with van der Waals surface area (Å²) in [5.41, 5.74) is 1.05. The monoisotopic (exact) mass is 284 g/mol. The van der Waals surface area contributed by atoms with E-state index in [2.05, 4.69) is 13.0 Å². The van der Waals surface area contributed by atoms with Crippen molar-refractivity contribution in [2.24, 2.45) is 11.8 Å². The number of carbonyl (C=O) groups excluding carboxylic acids is 1. The maximum absolute atomic E-state index is 12.5. The van der Waals surface area contributed by atoms with E-state index in [0.717, 1.165) is 37.4 Å². The molecule has 1 aromatic carbocycles. The van der Waals surface area contributed by atoms with Gasteiger partial charge in [0.05, 0.1) is 6.07 Å². The lowest BCUT2D eigenvalue weighted by Gasteiger charge is -2.33. The summed E-state index contributed by atoms with van der Waals surface area (Å²) in [6, 6.07) is 12.0. The average Bonchev–Trinajstić information content (AvgIpc) is 2.54. The number of amides is 1. The summed E-state index contributed by atoms with van der Waals surface area (Å²) < 4.78 is 0. The minimum atomic E-state index is -0.546. The molecular weight excluding hydrogens is 260 g/mol. The Morgan fingerprint density at radius 3 is 2.57 bits per heavy atom. The minimum Gasteiger partial charge on any atom is -0.342 e. The zero-order chi connectivity index (χ0) is 15.1. The first-order valence-electron chi connectivity index (χ1n) is 7.97. The molecule has 1 aliphatic rings. The van der Waals surface area contributed by atoms with Crippen LogP contribution in [0.25, 0.3) is 0 Å². The van der Waals surface area contributed by atoms with E-state index in [0.29, 0.717) is 6.42 Å². The number of nitriles is 1. The van der Waals surface area contributed by atoms with Crippen LogP contribution in [0.4, 0.5) is 0 Å². The van der Waals surface area contributed by atoms with E-state index in [4.69, 9.17) is 0 Å². The van der Waals surface area contributed by atoms with Gasteiger partial charge in [-0.15, -0.1) is 0 Å². The Morgan fingerprint density at radius 1 is 1.33 bits per heavy atom. The van der Waals surface area contributed by atoms with Crippen LogP contribution < -0.4 is 0 Å². The molecule has 3 nitrogen and oxygen atoms in total. The molecule has 1 aromatic rings. The molecule has 0 aliphatic carbocycles. The van der Waals surface area contributed by atoms with Crippen molar-refractivity contribution in [2.75, 3.05) is 13.1 Å². The van der Waals surface area contributed by atoms with Gasteiger partial charge in [0.25, 0.3) is 0 Å². The minimum absolute atomic E-state index is 0.0105. The van der Waals surface area contributed by atoms with Crippen LogP contribution in [0.2, 0.25) is 0 Å². The predicted octanol–water partition coefficient (Wildman–Crippen LogP) is 3.41. The highest BCUT2D eigenvalue weighted by molar-refractivity contribution is 5.81. The van der Waals surface area contributed by atoms with Crippen molar-refractivity contribution in [3.8, 4) is 6.07 Å². The van der Waals surface area contributed by atoms with Gasteiger partial charge in [0.2, 0.25) is 5.91 Å². The summed E-state index contributed by atoms with van der Waals surface area (Å²) in [7, 11) is 0. The summed E-state index contributed by atoms with van der Waals surface area (Å²) >= 11 is 0. The smallest absolute Gasteiger partial charge is 0.240 e. The SMILES string of the molecule is CCCC1CCN(C(=O)C(C#N)Cc2ccccc2)CC1. The van der Waals surface area contributed by atoms with Gasteiger partial charge < -0.3 is 4.90 Å². The Kier molecular flexibility index (Phi) is 5.80. The van der Waals surface area contributed by atoms with Crippen molar-refractivity contribution < 1.29 is 4.79 Å². The fraction of sp³-hybridized carbons (Fsp3) is 0.556. The number of hydrogen-bond acceptors (Lipinski definition) is 2. The third-order valence-corrected chi connectivity index (χ3v) is 4.36. The number of nitrogens with zero attached hydrogens (tertiary/aromatic N) is 2. The van der Waals surface area contributed by atoms with Gasteiger partial charge in [0.1, 0.15) is 5.92 Å². The van der Waals surface area contributed by atoms with Gasteiger partial charge in [-0.3, -0.25) is 4.79 Å². The topological polar surface area (TPSA) is 44.1 Å². The van der Waals surface area contributed by atoms with E-state index in [1.165, 1.54) is 12.8 Å². The first-order chi connectivity index (χ1) is 10.2. The van der Waals surface area contributed by atoms with Gasteiger partial charge in [-0.1, -0.05) is 50.1 Å². The Bertz CT molecular complexity index is 484. The third kappa shape index (κ3) is 4.32. The summed E-state index contributed by atoms with van der Waals surface area (Å²) in [5.74, 6) is 0.222. The number of likely N-dealkylation sites (tertiary alicyclic amines) is 1. The molecule has 21 heavy (non-hydrogen) atoms. The van der Waals surface area contributed by atoms with Gasteiger partial charge in [-0.05, 0) is 30.7 Å². The van der Waals surface area contributed by atoms with Crippen LogP contribution in [-0.4, -0.2) is 23.9 Å². The summed E-state index contributed by atoms with van der Waals surface area (Å²) in [6.45, 7) is 3.84. The zero-order valence-corrected chi connectivity index (χ0v) is 12.8. The summed E-state index contributed by atoms with van der Waals surface area (Å²) in [6.07, 6.45) is 5.17. The van der Waals surface area contributed by atoms with E-state index >= 15 is 0 Å². The standard InChI is InChI=1S/C18H24N2O/c1-2-6-15-9-11-20(12-10-15)18(21)17(14-19)13-16-7-4-3-5-8-16/h3-5,7-8,15,17H,2,6,9-13H2,1H3. The van der Waals surface area contributed by atoms with E-state index in [-0.39, 0.29) is 5.91 Å². The molecule has 1 amide bonds. The molecule has 0 bridgehead atoms. The second-order valence-corrected chi connectivity index (χ2v) is 5.93. The van der Waals surface area contributed by atoms with Crippen molar-refractivity contribution in [1.29, 1.82) is 5.26 Å². The fourth-order valence-corrected chi connectivity index (χ4v) is 3.11. The van der Waals surface area contributed by atoms with E-state index in [1.807, 2.05) is 35.2 Å². The van der Waals surface area contributed by atoms with Crippen molar-refractivity contribution in [3.63, 3.8) is 0 Å². The number of carbonyl (C=O) groups is 1. The molecule has 1 atom stereocenters. The molecule has 0 aromatic heterocycles. The van der Waals surface area contributed by atoms with Gasteiger partial charge in [-0.2, -0.15) is 5.26 Å². The fourth-order valence-electron chi connectivity index (χ4n) is 3.11. The molecule has 1 heterocycles. The second kappa shape index (κ2) is 7.83. The van der Waals surface area contributed by atoms with Gasteiger partial charge in [0.15, 0.2) is 0 Å². The zero-order valence-electron chi connectivity index (χ0n) is 12.8. The second-order valence-electron chi connectivity index (χ2n) is 5.93. The highest BCUT2D eigenvalue weighted by Gasteiger charge is 2.28. The van der Waals surface area contributed by atoms with Gasteiger partial charge in [-0.25, -0.2) is 0 Å². The largest absolute Gasteiger partial charge is 0.342 e. The van der Waals surface area contributed by atoms with Crippen LogP contribution in [0.5, 0.6) is 0 Å². The Hall–Kier alpha value is -1.82. The highest BCUT2D eigenvalue weighted by Crippen LogP contribution is 2.23. The molecule has 1 fully saturated rings. The van der Waals surface area contributed by atoms with Crippen LogP contribution in [0.3, 0.4) is 0 Å².